The number of carbonyl (C=O) groups excluding carboxylic acids is 1. The van der Waals surface area contributed by atoms with Crippen LogP contribution in [0, 0.1) is 0 Å². The minimum atomic E-state index is -0.455. The lowest BCUT2D eigenvalue weighted by Gasteiger charge is -2.00. The third-order valence-electron chi connectivity index (χ3n) is 1.51. The zero-order chi connectivity index (χ0) is 9.97. The molecule has 0 atom stereocenters. The van der Waals surface area contributed by atoms with Gasteiger partial charge in [-0.1, -0.05) is 0 Å². The smallest absolute Gasteiger partial charge is 0.236 e. The molecule has 0 radical (unpaired) electrons. The molecule has 0 fully saturated rings. The van der Waals surface area contributed by atoms with E-state index in [2.05, 4.69) is 25.9 Å². The summed E-state index contributed by atoms with van der Waals surface area (Å²) in [6, 6.07) is 3.34. The highest BCUT2D eigenvalue weighted by Crippen LogP contribution is 2.01. The fourth-order valence-electron chi connectivity index (χ4n) is 0.922. The maximum Gasteiger partial charge on any atom is 0.236 e. The van der Waals surface area contributed by atoms with E-state index in [-0.39, 0.29) is 6.54 Å². The number of primary amides is 1. The summed E-state index contributed by atoms with van der Waals surface area (Å²) in [6.45, 7) is 0.0284. The van der Waals surface area contributed by atoms with E-state index < -0.39 is 5.91 Å². The number of tetrazole rings is 1. The molecule has 2 aromatic rings. The molecule has 8 heteroatoms. The van der Waals surface area contributed by atoms with Gasteiger partial charge in [0.15, 0.2) is 5.65 Å². The molecule has 2 aromatic heterocycles. The fourth-order valence-corrected chi connectivity index (χ4v) is 0.922. The van der Waals surface area contributed by atoms with E-state index in [1.165, 1.54) is 4.63 Å². The summed E-state index contributed by atoms with van der Waals surface area (Å²) in [5.74, 6) is 0.0345. The van der Waals surface area contributed by atoms with Crippen LogP contribution in [-0.2, 0) is 4.79 Å². The van der Waals surface area contributed by atoms with Crippen LogP contribution in [0.2, 0.25) is 0 Å². The Kier molecular flexibility index (Phi) is 1.94. The van der Waals surface area contributed by atoms with Crippen molar-refractivity contribution in [3.8, 4) is 0 Å². The molecule has 0 spiro atoms. The average molecular weight is 193 g/mol. The zero-order valence-corrected chi connectivity index (χ0v) is 7.08. The van der Waals surface area contributed by atoms with E-state index in [1.807, 2.05) is 0 Å². The van der Waals surface area contributed by atoms with Crippen molar-refractivity contribution >= 4 is 17.4 Å². The molecule has 0 saturated heterocycles. The van der Waals surface area contributed by atoms with E-state index >= 15 is 0 Å². The zero-order valence-electron chi connectivity index (χ0n) is 7.08. The van der Waals surface area contributed by atoms with Gasteiger partial charge in [0, 0.05) is 0 Å². The Labute approximate surface area is 78.1 Å². The number of nitrogens with zero attached hydrogens (tertiary/aromatic N) is 5. The Balaban J connectivity index is 2.21. The van der Waals surface area contributed by atoms with Crippen molar-refractivity contribution in [2.24, 2.45) is 5.73 Å². The van der Waals surface area contributed by atoms with Crippen LogP contribution >= 0.6 is 0 Å². The highest BCUT2D eigenvalue weighted by molar-refractivity contribution is 5.78. The predicted octanol–water partition coefficient (Wildman–Crippen LogP) is -1.58. The number of carbonyl (C=O) groups is 1. The second kappa shape index (κ2) is 3.24. The Morgan fingerprint density at radius 3 is 3.21 bits per heavy atom. The van der Waals surface area contributed by atoms with Gasteiger partial charge in [-0.15, -0.1) is 14.8 Å². The van der Waals surface area contributed by atoms with Gasteiger partial charge >= 0.3 is 0 Å². The molecule has 0 unspecified atom stereocenters. The summed E-state index contributed by atoms with van der Waals surface area (Å²) >= 11 is 0. The number of rotatable bonds is 3. The van der Waals surface area contributed by atoms with E-state index in [0.717, 1.165) is 0 Å². The largest absolute Gasteiger partial charge is 0.368 e. The number of hydrogen-bond donors (Lipinski definition) is 2. The third kappa shape index (κ3) is 1.58. The highest BCUT2D eigenvalue weighted by Gasteiger charge is 2.00. The second-order valence-electron chi connectivity index (χ2n) is 2.56. The number of fused-ring (bicyclic) bond motifs is 1. The number of amides is 1. The van der Waals surface area contributed by atoms with Crippen LogP contribution in [0.5, 0.6) is 0 Å². The van der Waals surface area contributed by atoms with Gasteiger partial charge in [0.1, 0.15) is 5.82 Å². The molecule has 0 bridgehead atoms. The monoisotopic (exact) mass is 193 g/mol. The molecule has 8 nitrogen and oxygen atoms in total. The number of nitrogens with two attached hydrogens (primary N) is 1. The maximum absolute atomic E-state index is 10.5. The number of anilines is 1. The number of hydrogen-bond acceptors (Lipinski definition) is 6. The summed E-state index contributed by atoms with van der Waals surface area (Å²) < 4.78 is 1.25. The highest BCUT2D eigenvalue weighted by atomic mass is 16.1. The summed E-state index contributed by atoms with van der Waals surface area (Å²) in [5, 5.41) is 17.4. The van der Waals surface area contributed by atoms with Crippen molar-refractivity contribution < 1.29 is 4.79 Å². The molecule has 1 amide bonds. The van der Waals surface area contributed by atoms with E-state index in [0.29, 0.717) is 11.5 Å². The van der Waals surface area contributed by atoms with Crippen molar-refractivity contribution in [2.45, 2.75) is 0 Å². The lowest BCUT2D eigenvalue weighted by atomic mass is 10.5. The molecular formula is C6H7N7O. The van der Waals surface area contributed by atoms with Crippen molar-refractivity contribution in [1.29, 1.82) is 0 Å². The maximum atomic E-state index is 10.5. The van der Waals surface area contributed by atoms with Gasteiger partial charge in [0.25, 0.3) is 0 Å². The predicted molar refractivity (Wildman–Crippen MR) is 46.3 cm³/mol. The molecule has 14 heavy (non-hydrogen) atoms. The van der Waals surface area contributed by atoms with Crippen LogP contribution < -0.4 is 11.1 Å². The van der Waals surface area contributed by atoms with E-state index in [1.54, 1.807) is 12.1 Å². The molecule has 0 aliphatic rings. The summed E-state index contributed by atoms with van der Waals surface area (Å²) in [5.41, 5.74) is 5.49. The molecule has 0 aliphatic heterocycles. The quantitative estimate of drug-likeness (QED) is 0.608. The molecule has 72 valence electrons. The van der Waals surface area contributed by atoms with E-state index in [4.69, 9.17) is 5.73 Å². The van der Waals surface area contributed by atoms with Gasteiger partial charge in [-0.25, -0.2) is 0 Å². The van der Waals surface area contributed by atoms with Crippen molar-refractivity contribution in [1.82, 2.24) is 25.3 Å². The lowest BCUT2D eigenvalue weighted by molar-refractivity contribution is -0.116. The lowest BCUT2D eigenvalue weighted by Crippen LogP contribution is -2.22. The third-order valence-corrected chi connectivity index (χ3v) is 1.51. The minimum absolute atomic E-state index is 0.0284. The second-order valence-corrected chi connectivity index (χ2v) is 2.56. The van der Waals surface area contributed by atoms with Crippen LogP contribution in [0.3, 0.4) is 0 Å². The fraction of sp³-hybridized carbons (Fsp3) is 0.167. The Morgan fingerprint density at radius 2 is 2.43 bits per heavy atom. The first-order valence-corrected chi connectivity index (χ1v) is 3.83. The molecule has 0 aromatic carbocycles. The molecule has 2 heterocycles. The molecule has 0 saturated carbocycles. The molecule has 3 N–H and O–H groups in total. The van der Waals surface area contributed by atoms with Crippen molar-refractivity contribution in [2.75, 3.05) is 11.9 Å². The van der Waals surface area contributed by atoms with Crippen molar-refractivity contribution in [3.05, 3.63) is 12.1 Å². The Hall–Kier alpha value is -2.25. The van der Waals surface area contributed by atoms with Gasteiger partial charge in [-0.3, -0.25) is 4.79 Å². The van der Waals surface area contributed by atoms with Gasteiger partial charge < -0.3 is 11.1 Å². The summed E-state index contributed by atoms with van der Waals surface area (Å²) in [4.78, 5) is 10.5. The van der Waals surface area contributed by atoms with Gasteiger partial charge in [-0.05, 0) is 22.6 Å². The average Bonchev–Trinajstić information content (AvgIpc) is 2.61. The van der Waals surface area contributed by atoms with Crippen LogP contribution in [-0.4, -0.2) is 37.7 Å². The van der Waals surface area contributed by atoms with Crippen LogP contribution in [0.1, 0.15) is 0 Å². The first kappa shape index (κ1) is 8.35. The Bertz CT molecular complexity index is 464. The van der Waals surface area contributed by atoms with Gasteiger partial charge in [-0.2, -0.15) is 0 Å². The normalized spacial score (nSPS) is 10.3. The Morgan fingerprint density at radius 1 is 1.57 bits per heavy atom. The minimum Gasteiger partial charge on any atom is -0.368 e. The van der Waals surface area contributed by atoms with Crippen LogP contribution in [0.25, 0.3) is 5.65 Å². The van der Waals surface area contributed by atoms with Crippen LogP contribution in [0.4, 0.5) is 5.82 Å². The molecule has 0 aliphatic carbocycles. The standard InChI is InChI=1S/C6H7N7O/c7-4(14)3-8-5-1-2-6-9-11-12-13(6)10-5/h1-2H,3H2,(H2,7,14)(H,8,10). The van der Waals surface area contributed by atoms with Gasteiger partial charge in [0.05, 0.1) is 6.54 Å². The summed E-state index contributed by atoms with van der Waals surface area (Å²) in [6.07, 6.45) is 0. The van der Waals surface area contributed by atoms with Crippen LogP contribution in [0.15, 0.2) is 12.1 Å². The molecule has 2 rings (SSSR count). The first-order chi connectivity index (χ1) is 6.75. The van der Waals surface area contributed by atoms with E-state index in [9.17, 15) is 4.79 Å². The molecular weight excluding hydrogens is 186 g/mol. The number of nitrogens with one attached hydrogen (secondary N) is 1. The van der Waals surface area contributed by atoms with Gasteiger partial charge in [0.2, 0.25) is 5.91 Å². The number of aromatic nitrogens is 5. The first-order valence-electron chi connectivity index (χ1n) is 3.83. The van der Waals surface area contributed by atoms with Crippen molar-refractivity contribution in [3.63, 3.8) is 0 Å². The SMILES string of the molecule is NC(=O)CNc1ccc2nnnn2n1. The summed E-state index contributed by atoms with van der Waals surface area (Å²) in [7, 11) is 0. The topological polar surface area (TPSA) is 111 Å².